The molecule has 1 amide bonds. The van der Waals surface area contributed by atoms with Crippen molar-refractivity contribution in [1.29, 1.82) is 0 Å². The Morgan fingerprint density at radius 3 is 2.67 bits per heavy atom. The largest absolute Gasteiger partial charge is 0.311 e. The zero-order valence-corrected chi connectivity index (χ0v) is 12.1. The van der Waals surface area contributed by atoms with E-state index in [2.05, 4.69) is 23.5 Å². The average Bonchev–Trinajstić information content (AvgIpc) is 2.76. The lowest BCUT2D eigenvalue weighted by Crippen LogP contribution is -2.34. The van der Waals surface area contributed by atoms with Crippen LogP contribution in [0.25, 0.3) is 0 Å². The van der Waals surface area contributed by atoms with E-state index in [-0.39, 0.29) is 5.91 Å². The van der Waals surface area contributed by atoms with Crippen LogP contribution >= 0.6 is 0 Å². The van der Waals surface area contributed by atoms with E-state index < -0.39 is 0 Å². The van der Waals surface area contributed by atoms with Gasteiger partial charge in [0.1, 0.15) is 0 Å². The predicted octanol–water partition coefficient (Wildman–Crippen LogP) is 2.76. The number of nitrogens with zero attached hydrogens (tertiary/aromatic N) is 1. The van der Waals surface area contributed by atoms with Crippen LogP contribution in [0.4, 0.5) is 5.69 Å². The number of fused-ring (bicyclic) bond motifs is 1. The molecule has 0 bridgehead atoms. The average molecular weight is 280 g/mol. The van der Waals surface area contributed by atoms with E-state index in [0.717, 1.165) is 31.7 Å². The minimum Gasteiger partial charge on any atom is -0.311 e. The Balaban J connectivity index is 1.72. The number of benzene rings is 2. The van der Waals surface area contributed by atoms with Gasteiger partial charge < -0.3 is 10.2 Å². The number of para-hydroxylation sites is 1. The summed E-state index contributed by atoms with van der Waals surface area (Å²) in [6.45, 7) is 2.41. The lowest BCUT2D eigenvalue weighted by Gasteiger charge is -2.22. The summed E-state index contributed by atoms with van der Waals surface area (Å²) in [6, 6.07) is 18.3. The highest BCUT2D eigenvalue weighted by molar-refractivity contribution is 5.94. The van der Waals surface area contributed by atoms with E-state index in [4.69, 9.17) is 0 Å². The van der Waals surface area contributed by atoms with Crippen LogP contribution in [0.1, 0.15) is 17.5 Å². The first-order chi connectivity index (χ1) is 10.3. The van der Waals surface area contributed by atoms with Crippen LogP contribution in [0.3, 0.4) is 0 Å². The monoisotopic (exact) mass is 280 g/mol. The Bertz CT molecular complexity index is 610. The summed E-state index contributed by atoms with van der Waals surface area (Å²) in [6.07, 6.45) is 1.35. The number of hydrogen-bond donors (Lipinski definition) is 1. The normalized spacial score (nSPS) is 14.4. The quantitative estimate of drug-likeness (QED) is 0.937. The summed E-state index contributed by atoms with van der Waals surface area (Å²) in [5, 5.41) is 3.37. The molecule has 0 fully saturated rings. The molecule has 0 spiro atoms. The van der Waals surface area contributed by atoms with Gasteiger partial charge in [0.2, 0.25) is 5.91 Å². The van der Waals surface area contributed by atoms with Crippen molar-refractivity contribution in [2.45, 2.75) is 19.4 Å². The van der Waals surface area contributed by atoms with Crippen LogP contribution in [-0.4, -0.2) is 19.0 Å². The molecule has 1 N–H and O–H groups in total. The van der Waals surface area contributed by atoms with Gasteiger partial charge in [0.05, 0.1) is 0 Å². The first kappa shape index (κ1) is 13.8. The van der Waals surface area contributed by atoms with Gasteiger partial charge in [-0.25, -0.2) is 0 Å². The second-order valence-corrected chi connectivity index (χ2v) is 5.34. The molecule has 0 saturated heterocycles. The van der Waals surface area contributed by atoms with Gasteiger partial charge in [0, 0.05) is 31.7 Å². The van der Waals surface area contributed by atoms with Crippen LogP contribution in [0.15, 0.2) is 54.6 Å². The third-order valence-electron chi connectivity index (χ3n) is 3.88. The number of amides is 1. The maximum absolute atomic E-state index is 12.6. The van der Waals surface area contributed by atoms with Gasteiger partial charge in [0.15, 0.2) is 0 Å². The molecule has 0 unspecified atom stereocenters. The summed E-state index contributed by atoms with van der Waals surface area (Å²) in [5.41, 5.74) is 3.47. The predicted molar refractivity (Wildman–Crippen MR) is 85.3 cm³/mol. The van der Waals surface area contributed by atoms with Crippen molar-refractivity contribution >= 4 is 11.6 Å². The fourth-order valence-corrected chi connectivity index (χ4v) is 2.75. The molecule has 2 aromatic carbocycles. The van der Waals surface area contributed by atoms with E-state index in [1.54, 1.807) is 0 Å². The summed E-state index contributed by atoms with van der Waals surface area (Å²) in [4.78, 5) is 14.5. The molecule has 0 atom stereocenters. The molecule has 0 aromatic heterocycles. The van der Waals surface area contributed by atoms with E-state index in [1.807, 2.05) is 41.3 Å². The van der Waals surface area contributed by atoms with E-state index in [0.29, 0.717) is 6.42 Å². The lowest BCUT2D eigenvalue weighted by molar-refractivity contribution is -0.118. The Kier molecular flexibility index (Phi) is 4.31. The summed E-state index contributed by atoms with van der Waals surface area (Å²) in [5.74, 6) is 0.204. The van der Waals surface area contributed by atoms with Crippen molar-refractivity contribution in [3.05, 3.63) is 65.7 Å². The van der Waals surface area contributed by atoms with Gasteiger partial charge >= 0.3 is 0 Å². The molecular formula is C18H20N2O. The number of aryl methyl sites for hydroxylation is 1. The highest BCUT2D eigenvalue weighted by Crippen LogP contribution is 2.23. The van der Waals surface area contributed by atoms with Gasteiger partial charge in [-0.3, -0.25) is 4.79 Å². The molecule has 0 radical (unpaired) electrons. The van der Waals surface area contributed by atoms with E-state index >= 15 is 0 Å². The number of hydrogen-bond acceptors (Lipinski definition) is 2. The molecule has 21 heavy (non-hydrogen) atoms. The zero-order chi connectivity index (χ0) is 14.5. The van der Waals surface area contributed by atoms with Crippen molar-refractivity contribution in [2.24, 2.45) is 0 Å². The smallest absolute Gasteiger partial charge is 0.227 e. The maximum atomic E-state index is 12.6. The van der Waals surface area contributed by atoms with Gasteiger partial charge in [-0.05, 0) is 23.6 Å². The third kappa shape index (κ3) is 3.31. The highest BCUT2D eigenvalue weighted by atomic mass is 16.2. The first-order valence-corrected chi connectivity index (χ1v) is 7.47. The molecule has 108 valence electrons. The molecule has 1 aliphatic rings. The Morgan fingerprint density at radius 2 is 1.81 bits per heavy atom. The molecule has 2 aromatic rings. The third-order valence-corrected chi connectivity index (χ3v) is 3.88. The number of nitrogens with one attached hydrogen (secondary N) is 1. The molecule has 3 heteroatoms. The van der Waals surface area contributed by atoms with Crippen molar-refractivity contribution in [1.82, 2.24) is 5.32 Å². The highest BCUT2D eigenvalue weighted by Gasteiger charge is 2.20. The van der Waals surface area contributed by atoms with Crippen LogP contribution in [0.5, 0.6) is 0 Å². The molecule has 3 rings (SSSR count). The van der Waals surface area contributed by atoms with Gasteiger partial charge in [-0.15, -0.1) is 0 Å². The molecule has 1 heterocycles. The Hall–Kier alpha value is -2.13. The molecule has 3 nitrogen and oxygen atoms in total. The number of rotatable bonds is 3. The standard InChI is InChI=1S/C18H20N2O/c21-18(11-10-15-6-2-1-3-7-15)20-13-12-19-14-16-8-4-5-9-17(16)20/h1-9,19H,10-14H2. The fourth-order valence-electron chi connectivity index (χ4n) is 2.75. The second kappa shape index (κ2) is 6.55. The van der Waals surface area contributed by atoms with E-state index in [1.165, 1.54) is 11.1 Å². The van der Waals surface area contributed by atoms with Crippen LogP contribution in [-0.2, 0) is 17.8 Å². The Morgan fingerprint density at radius 1 is 1.05 bits per heavy atom. The van der Waals surface area contributed by atoms with E-state index in [9.17, 15) is 4.79 Å². The number of carbonyl (C=O) groups excluding carboxylic acids is 1. The number of carbonyl (C=O) groups is 1. The van der Waals surface area contributed by atoms with Crippen LogP contribution < -0.4 is 10.2 Å². The van der Waals surface area contributed by atoms with Crippen molar-refractivity contribution in [3.8, 4) is 0 Å². The van der Waals surface area contributed by atoms with Gasteiger partial charge in [-0.1, -0.05) is 48.5 Å². The number of anilines is 1. The zero-order valence-electron chi connectivity index (χ0n) is 12.1. The second-order valence-electron chi connectivity index (χ2n) is 5.34. The SMILES string of the molecule is O=C(CCc1ccccc1)N1CCNCc2ccccc21. The minimum atomic E-state index is 0.204. The van der Waals surface area contributed by atoms with Crippen LogP contribution in [0, 0.1) is 0 Å². The van der Waals surface area contributed by atoms with Crippen molar-refractivity contribution in [3.63, 3.8) is 0 Å². The first-order valence-electron chi connectivity index (χ1n) is 7.47. The van der Waals surface area contributed by atoms with Gasteiger partial charge in [0.25, 0.3) is 0 Å². The van der Waals surface area contributed by atoms with Crippen LogP contribution in [0.2, 0.25) is 0 Å². The summed E-state index contributed by atoms with van der Waals surface area (Å²) >= 11 is 0. The minimum absolute atomic E-state index is 0.204. The Labute approximate surface area is 125 Å². The molecule has 0 saturated carbocycles. The van der Waals surface area contributed by atoms with Gasteiger partial charge in [-0.2, -0.15) is 0 Å². The lowest BCUT2D eigenvalue weighted by atomic mass is 10.1. The topological polar surface area (TPSA) is 32.3 Å². The molecular weight excluding hydrogens is 260 g/mol. The maximum Gasteiger partial charge on any atom is 0.227 e. The van der Waals surface area contributed by atoms with Crippen molar-refractivity contribution in [2.75, 3.05) is 18.0 Å². The summed E-state index contributed by atoms with van der Waals surface area (Å²) in [7, 11) is 0. The van der Waals surface area contributed by atoms with Crippen molar-refractivity contribution < 1.29 is 4.79 Å². The molecule has 0 aliphatic carbocycles. The fraction of sp³-hybridized carbons (Fsp3) is 0.278. The molecule has 1 aliphatic heterocycles. The summed E-state index contributed by atoms with van der Waals surface area (Å²) < 4.78 is 0.